The number of nitrogens with zero attached hydrogens (tertiary/aromatic N) is 2. The predicted octanol–water partition coefficient (Wildman–Crippen LogP) is 4.41. The number of rotatable bonds is 10. The molecule has 0 fully saturated rings. The quantitative estimate of drug-likeness (QED) is 0.562. The summed E-state index contributed by atoms with van der Waals surface area (Å²) in [7, 11) is 4.05. The third-order valence-electron chi connectivity index (χ3n) is 4.70. The van der Waals surface area contributed by atoms with Crippen LogP contribution in [0.5, 0.6) is 5.75 Å². The molecule has 1 unspecified atom stereocenters. The van der Waals surface area contributed by atoms with E-state index in [0.717, 1.165) is 24.3 Å². The van der Waals surface area contributed by atoms with Crippen LogP contribution in [0.25, 0.3) is 0 Å². The Morgan fingerprint density at radius 1 is 1.15 bits per heavy atom. The zero-order valence-corrected chi connectivity index (χ0v) is 18.1. The van der Waals surface area contributed by atoms with Crippen LogP contribution >= 0.6 is 11.6 Å². The number of alkyl halides is 1. The lowest BCUT2D eigenvalue weighted by Crippen LogP contribution is -2.51. The molecule has 26 heavy (non-hydrogen) atoms. The normalized spacial score (nSPS) is 13.2. The molecule has 5 heteroatoms. The third kappa shape index (κ3) is 7.55. The van der Waals surface area contributed by atoms with Crippen LogP contribution in [0, 0.1) is 5.92 Å². The summed E-state index contributed by atoms with van der Waals surface area (Å²) in [6.07, 6.45) is 1.04. The van der Waals surface area contributed by atoms with Gasteiger partial charge in [-0.05, 0) is 64.9 Å². The van der Waals surface area contributed by atoms with Gasteiger partial charge in [-0.1, -0.05) is 26.0 Å². The van der Waals surface area contributed by atoms with Crippen molar-refractivity contribution >= 4 is 17.5 Å². The van der Waals surface area contributed by atoms with Gasteiger partial charge in [0.2, 0.25) is 5.91 Å². The number of hydrogen-bond donors (Lipinski definition) is 0. The van der Waals surface area contributed by atoms with Gasteiger partial charge in [-0.3, -0.25) is 4.79 Å². The van der Waals surface area contributed by atoms with Crippen molar-refractivity contribution in [3.8, 4) is 5.75 Å². The van der Waals surface area contributed by atoms with Crippen molar-refractivity contribution in [1.82, 2.24) is 9.80 Å². The summed E-state index contributed by atoms with van der Waals surface area (Å²) in [5.74, 6) is 1.46. The van der Waals surface area contributed by atoms with Crippen LogP contribution in [0.3, 0.4) is 0 Å². The van der Waals surface area contributed by atoms with Gasteiger partial charge in [0.15, 0.2) is 0 Å². The summed E-state index contributed by atoms with van der Waals surface area (Å²) in [6, 6.07) is 7.98. The number of ether oxygens (including phenoxy) is 1. The molecule has 0 bridgehead atoms. The highest BCUT2D eigenvalue weighted by molar-refractivity contribution is 6.30. The van der Waals surface area contributed by atoms with E-state index in [2.05, 4.69) is 32.6 Å². The maximum Gasteiger partial charge on any atom is 0.240 e. The molecule has 1 rings (SSSR count). The minimum atomic E-state index is -0.536. The van der Waals surface area contributed by atoms with E-state index in [0.29, 0.717) is 19.0 Å². The zero-order chi connectivity index (χ0) is 19.9. The molecular formula is C21H35ClN2O2. The first kappa shape index (κ1) is 22.8. The lowest BCUT2D eigenvalue weighted by molar-refractivity contribution is -0.132. The van der Waals surface area contributed by atoms with Gasteiger partial charge >= 0.3 is 0 Å². The lowest BCUT2D eigenvalue weighted by atomic mass is 10.0. The molecule has 0 spiro atoms. The molecule has 0 radical (unpaired) electrons. The molecule has 4 nitrogen and oxygen atoms in total. The summed E-state index contributed by atoms with van der Waals surface area (Å²) in [6.45, 7) is 12.2. The molecular weight excluding hydrogens is 348 g/mol. The van der Waals surface area contributed by atoms with Crippen LogP contribution in [0.2, 0.25) is 0 Å². The number of hydrogen-bond acceptors (Lipinski definition) is 3. The van der Waals surface area contributed by atoms with Crippen molar-refractivity contribution in [3.05, 3.63) is 29.8 Å². The van der Waals surface area contributed by atoms with Gasteiger partial charge in [0, 0.05) is 18.6 Å². The molecule has 0 saturated carbocycles. The monoisotopic (exact) mass is 382 g/mol. The van der Waals surface area contributed by atoms with E-state index in [1.807, 2.05) is 43.3 Å². The van der Waals surface area contributed by atoms with Gasteiger partial charge in [0.1, 0.15) is 11.1 Å². The number of benzene rings is 1. The van der Waals surface area contributed by atoms with E-state index in [1.54, 1.807) is 6.92 Å². The standard InChI is InChI=1S/C21H35ClN2O2/c1-16(2)12-13-26-19-10-8-18(9-11-19)14-24(20(25)17(3)22)15-21(4,5)23(6)7/h8-11,16-17H,12-15H2,1-7H3. The second kappa shape index (κ2) is 10.2. The number of carbonyl (C=O) groups excluding carboxylic acids is 1. The number of likely N-dealkylation sites (N-methyl/N-ethyl adjacent to an activating group) is 1. The first-order valence-electron chi connectivity index (χ1n) is 9.35. The third-order valence-corrected chi connectivity index (χ3v) is 4.89. The van der Waals surface area contributed by atoms with Crippen LogP contribution in [-0.4, -0.2) is 53.9 Å². The van der Waals surface area contributed by atoms with Crippen molar-refractivity contribution in [3.63, 3.8) is 0 Å². The molecule has 0 heterocycles. The molecule has 1 aromatic rings. The molecule has 1 amide bonds. The summed E-state index contributed by atoms with van der Waals surface area (Å²) in [5, 5.41) is -0.536. The van der Waals surface area contributed by atoms with Crippen molar-refractivity contribution in [2.75, 3.05) is 27.2 Å². The molecule has 1 atom stereocenters. The minimum absolute atomic E-state index is 0.0427. The topological polar surface area (TPSA) is 32.8 Å². The van der Waals surface area contributed by atoms with Crippen LogP contribution < -0.4 is 4.74 Å². The van der Waals surface area contributed by atoms with Crippen molar-refractivity contribution < 1.29 is 9.53 Å². The summed E-state index contributed by atoms with van der Waals surface area (Å²) in [4.78, 5) is 16.5. The van der Waals surface area contributed by atoms with Gasteiger partial charge in [0.25, 0.3) is 0 Å². The van der Waals surface area contributed by atoms with E-state index in [9.17, 15) is 4.79 Å². The molecule has 0 aliphatic rings. The van der Waals surface area contributed by atoms with Gasteiger partial charge in [-0.25, -0.2) is 0 Å². The van der Waals surface area contributed by atoms with Crippen LogP contribution in [-0.2, 0) is 11.3 Å². The van der Waals surface area contributed by atoms with E-state index in [-0.39, 0.29) is 11.4 Å². The average molecular weight is 383 g/mol. The Kier molecular flexibility index (Phi) is 8.91. The number of carbonyl (C=O) groups is 1. The number of amides is 1. The lowest BCUT2D eigenvalue weighted by Gasteiger charge is -2.38. The second-order valence-corrected chi connectivity index (χ2v) is 8.85. The van der Waals surface area contributed by atoms with Crippen LogP contribution in [0.15, 0.2) is 24.3 Å². The predicted molar refractivity (Wildman–Crippen MR) is 110 cm³/mol. The van der Waals surface area contributed by atoms with Crippen molar-refractivity contribution in [2.45, 2.75) is 58.5 Å². The highest BCUT2D eigenvalue weighted by atomic mass is 35.5. The fourth-order valence-corrected chi connectivity index (χ4v) is 2.53. The number of halogens is 1. The minimum Gasteiger partial charge on any atom is -0.494 e. The molecule has 0 aromatic heterocycles. The maximum atomic E-state index is 12.6. The van der Waals surface area contributed by atoms with E-state index < -0.39 is 5.38 Å². The van der Waals surface area contributed by atoms with E-state index in [4.69, 9.17) is 16.3 Å². The largest absolute Gasteiger partial charge is 0.494 e. The molecule has 1 aromatic carbocycles. The van der Waals surface area contributed by atoms with E-state index >= 15 is 0 Å². The average Bonchev–Trinajstić information content (AvgIpc) is 2.54. The Bertz CT molecular complexity index is 554. The van der Waals surface area contributed by atoms with Gasteiger partial charge < -0.3 is 14.5 Å². The van der Waals surface area contributed by atoms with Crippen LogP contribution in [0.4, 0.5) is 0 Å². The first-order valence-corrected chi connectivity index (χ1v) is 9.78. The van der Waals surface area contributed by atoms with Crippen molar-refractivity contribution in [1.29, 1.82) is 0 Å². The highest BCUT2D eigenvalue weighted by Gasteiger charge is 2.28. The summed E-state index contributed by atoms with van der Waals surface area (Å²) in [5.41, 5.74) is 0.933. The van der Waals surface area contributed by atoms with E-state index in [1.165, 1.54) is 0 Å². The van der Waals surface area contributed by atoms with Gasteiger partial charge in [0.05, 0.1) is 6.61 Å². The smallest absolute Gasteiger partial charge is 0.240 e. The Balaban J connectivity index is 2.79. The fourth-order valence-electron chi connectivity index (χ4n) is 2.40. The summed E-state index contributed by atoms with van der Waals surface area (Å²) < 4.78 is 5.77. The molecule has 0 aliphatic heterocycles. The van der Waals surface area contributed by atoms with Gasteiger partial charge in [-0.15, -0.1) is 11.6 Å². The Morgan fingerprint density at radius 2 is 1.73 bits per heavy atom. The first-order chi connectivity index (χ1) is 12.0. The molecule has 0 saturated heterocycles. The SMILES string of the molecule is CC(C)CCOc1ccc(CN(CC(C)(C)N(C)C)C(=O)C(C)Cl)cc1. The zero-order valence-electron chi connectivity index (χ0n) is 17.4. The van der Waals surface area contributed by atoms with Crippen LogP contribution in [0.1, 0.15) is 46.6 Å². The highest BCUT2D eigenvalue weighted by Crippen LogP contribution is 2.19. The fraction of sp³-hybridized carbons (Fsp3) is 0.667. The second-order valence-electron chi connectivity index (χ2n) is 8.19. The molecule has 0 aliphatic carbocycles. The van der Waals surface area contributed by atoms with Crippen molar-refractivity contribution in [2.24, 2.45) is 5.92 Å². The molecule has 148 valence electrons. The Labute approximate surface area is 164 Å². The maximum absolute atomic E-state index is 12.6. The Hall–Kier alpha value is -1.26. The van der Waals surface area contributed by atoms with Gasteiger partial charge in [-0.2, -0.15) is 0 Å². The summed E-state index contributed by atoms with van der Waals surface area (Å²) >= 11 is 6.08. The Morgan fingerprint density at radius 3 is 2.19 bits per heavy atom. The molecule has 0 N–H and O–H groups in total.